The second-order valence-corrected chi connectivity index (χ2v) is 5.96. The van der Waals surface area contributed by atoms with Crippen LogP contribution >= 0.6 is 0 Å². The molecule has 1 aliphatic rings. The van der Waals surface area contributed by atoms with E-state index in [1.807, 2.05) is 0 Å². The average Bonchev–Trinajstić information content (AvgIpc) is 2.49. The van der Waals surface area contributed by atoms with Gasteiger partial charge in [0.2, 0.25) is 0 Å². The Bertz CT molecular complexity index is 392. The second-order valence-electron chi connectivity index (χ2n) is 5.96. The summed E-state index contributed by atoms with van der Waals surface area (Å²) in [4.78, 5) is 5.14. The molecule has 1 aromatic rings. The van der Waals surface area contributed by atoms with Gasteiger partial charge in [0.25, 0.3) is 0 Å². The van der Waals surface area contributed by atoms with Gasteiger partial charge < -0.3 is 10.2 Å². The zero-order valence-electron chi connectivity index (χ0n) is 13.3. The lowest BCUT2D eigenvalue weighted by Gasteiger charge is -2.44. The van der Waals surface area contributed by atoms with E-state index in [-0.39, 0.29) is 0 Å². The first-order valence-electron chi connectivity index (χ1n) is 7.83. The molecule has 1 fully saturated rings. The van der Waals surface area contributed by atoms with Crippen LogP contribution in [0.25, 0.3) is 0 Å². The highest BCUT2D eigenvalue weighted by Crippen LogP contribution is 2.23. The van der Waals surface area contributed by atoms with Crippen molar-refractivity contribution in [3.63, 3.8) is 0 Å². The van der Waals surface area contributed by atoms with Crippen LogP contribution in [0.5, 0.6) is 0 Å². The molecule has 112 valence electrons. The van der Waals surface area contributed by atoms with Crippen molar-refractivity contribution < 1.29 is 0 Å². The summed E-state index contributed by atoms with van der Waals surface area (Å²) in [6.07, 6.45) is 1.23. The molecule has 0 saturated carbocycles. The SMILES string of the molecule is CCC1CN(C(C)C(NC)c2ccccc2)CCN1C. The van der Waals surface area contributed by atoms with E-state index in [1.165, 1.54) is 31.6 Å². The molecule has 0 spiro atoms. The third-order valence-corrected chi connectivity index (χ3v) is 4.81. The van der Waals surface area contributed by atoms with Crippen LogP contribution in [0.3, 0.4) is 0 Å². The maximum Gasteiger partial charge on any atom is 0.0473 e. The smallest absolute Gasteiger partial charge is 0.0473 e. The van der Waals surface area contributed by atoms with E-state index in [1.54, 1.807) is 0 Å². The van der Waals surface area contributed by atoms with E-state index < -0.39 is 0 Å². The molecule has 1 aromatic carbocycles. The molecule has 1 saturated heterocycles. The summed E-state index contributed by atoms with van der Waals surface area (Å²) in [6, 6.07) is 12.4. The first kappa shape index (κ1) is 15.5. The lowest BCUT2D eigenvalue weighted by Crippen LogP contribution is -2.55. The monoisotopic (exact) mass is 275 g/mol. The van der Waals surface area contributed by atoms with Crippen molar-refractivity contribution in [2.45, 2.75) is 38.4 Å². The van der Waals surface area contributed by atoms with Crippen molar-refractivity contribution in [3.05, 3.63) is 35.9 Å². The van der Waals surface area contributed by atoms with Crippen LogP contribution in [0.4, 0.5) is 0 Å². The minimum atomic E-state index is 0.400. The molecule has 1 N–H and O–H groups in total. The van der Waals surface area contributed by atoms with Gasteiger partial charge in [0.15, 0.2) is 0 Å². The highest BCUT2D eigenvalue weighted by molar-refractivity contribution is 5.20. The molecule has 3 heteroatoms. The fourth-order valence-corrected chi connectivity index (χ4v) is 3.34. The van der Waals surface area contributed by atoms with Gasteiger partial charge in [0.1, 0.15) is 0 Å². The van der Waals surface area contributed by atoms with E-state index in [4.69, 9.17) is 0 Å². The lowest BCUT2D eigenvalue weighted by atomic mass is 9.97. The molecule has 1 aliphatic heterocycles. The van der Waals surface area contributed by atoms with Crippen LogP contribution in [0.1, 0.15) is 31.9 Å². The first-order chi connectivity index (χ1) is 9.67. The van der Waals surface area contributed by atoms with Crippen LogP contribution in [0, 0.1) is 0 Å². The van der Waals surface area contributed by atoms with E-state index >= 15 is 0 Å². The van der Waals surface area contributed by atoms with E-state index in [2.05, 4.69) is 73.4 Å². The van der Waals surface area contributed by atoms with E-state index in [0.717, 1.165) is 0 Å². The molecule has 2 rings (SSSR count). The first-order valence-corrected chi connectivity index (χ1v) is 7.83. The van der Waals surface area contributed by atoms with Crippen LogP contribution in [0.2, 0.25) is 0 Å². The molecule has 3 unspecified atom stereocenters. The molecule has 0 aliphatic carbocycles. The fourth-order valence-electron chi connectivity index (χ4n) is 3.34. The predicted octanol–water partition coefficient (Wildman–Crippen LogP) is 2.36. The Hall–Kier alpha value is -0.900. The van der Waals surface area contributed by atoms with Crippen molar-refractivity contribution in [1.82, 2.24) is 15.1 Å². The molecule has 3 nitrogen and oxygen atoms in total. The maximum absolute atomic E-state index is 3.50. The minimum absolute atomic E-state index is 0.400. The Kier molecular flexibility index (Phi) is 5.58. The Morgan fingerprint density at radius 1 is 1.25 bits per heavy atom. The highest BCUT2D eigenvalue weighted by atomic mass is 15.3. The molecule has 0 aromatic heterocycles. The number of nitrogens with zero attached hydrogens (tertiary/aromatic N) is 2. The van der Waals surface area contributed by atoms with Gasteiger partial charge in [0.05, 0.1) is 0 Å². The number of nitrogens with one attached hydrogen (secondary N) is 1. The summed E-state index contributed by atoms with van der Waals surface area (Å²) in [7, 11) is 4.32. The molecule has 0 amide bonds. The minimum Gasteiger partial charge on any atom is -0.312 e. The van der Waals surface area contributed by atoms with Crippen molar-refractivity contribution in [3.8, 4) is 0 Å². The zero-order chi connectivity index (χ0) is 14.5. The van der Waals surface area contributed by atoms with Crippen LogP contribution in [-0.4, -0.2) is 55.6 Å². The Morgan fingerprint density at radius 3 is 2.55 bits per heavy atom. The Labute approximate surface area is 124 Å². The number of hydrogen-bond acceptors (Lipinski definition) is 3. The highest BCUT2D eigenvalue weighted by Gasteiger charge is 2.29. The summed E-state index contributed by atoms with van der Waals surface area (Å²) >= 11 is 0. The van der Waals surface area contributed by atoms with Gasteiger partial charge in [-0.25, -0.2) is 0 Å². The summed E-state index contributed by atoms with van der Waals surface area (Å²) in [6.45, 7) is 8.17. The fraction of sp³-hybridized carbons (Fsp3) is 0.647. The molecule has 0 bridgehead atoms. The molecule has 1 heterocycles. The second kappa shape index (κ2) is 7.21. The van der Waals surface area contributed by atoms with Crippen molar-refractivity contribution in [2.24, 2.45) is 0 Å². The number of benzene rings is 1. The molecule has 20 heavy (non-hydrogen) atoms. The lowest BCUT2D eigenvalue weighted by molar-refractivity contribution is 0.0556. The third kappa shape index (κ3) is 3.40. The van der Waals surface area contributed by atoms with Gasteiger partial charge >= 0.3 is 0 Å². The number of rotatable bonds is 5. The summed E-state index contributed by atoms with van der Waals surface area (Å²) < 4.78 is 0. The standard InChI is InChI=1S/C17H29N3/c1-5-16-13-20(12-11-19(16)4)14(2)17(18-3)15-9-7-6-8-10-15/h6-10,14,16-18H,5,11-13H2,1-4H3. The molecule has 0 radical (unpaired) electrons. The number of hydrogen-bond donors (Lipinski definition) is 1. The summed E-state index contributed by atoms with van der Waals surface area (Å²) in [5.41, 5.74) is 1.38. The van der Waals surface area contributed by atoms with E-state index in [9.17, 15) is 0 Å². The Balaban J connectivity index is 2.07. The van der Waals surface area contributed by atoms with Crippen LogP contribution < -0.4 is 5.32 Å². The molecular weight excluding hydrogens is 246 g/mol. The topological polar surface area (TPSA) is 18.5 Å². The normalized spacial score (nSPS) is 24.5. The third-order valence-electron chi connectivity index (χ3n) is 4.81. The van der Waals surface area contributed by atoms with Gasteiger partial charge in [-0.15, -0.1) is 0 Å². The largest absolute Gasteiger partial charge is 0.312 e. The van der Waals surface area contributed by atoms with Crippen LogP contribution in [-0.2, 0) is 0 Å². The van der Waals surface area contributed by atoms with Crippen molar-refractivity contribution in [1.29, 1.82) is 0 Å². The van der Waals surface area contributed by atoms with Crippen molar-refractivity contribution >= 4 is 0 Å². The van der Waals surface area contributed by atoms with Gasteiger partial charge in [0, 0.05) is 37.8 Å². The average molecular weight is 275 g/mol. The summed E-state index contributed by atoms with van der Waals surface area (Å²) in [5.74, 6) is 0. The summed E-state index contributed by atoms with van der Waals surface area (Å²) in [5, 5.41) is 3.50. The number of piperazine rings is 1. The van der Waals surface area contributed by atoms with Gasteiger partial charge in [-0.1, -0.05) is 37.3 Å². The zero-order valence-corrected chi connectivity index (χ0v) is 13.3. The quantitative estimate of drug-likeness (QED) is 0.890. The van der Waals surface area contributed by atoms with E-state index in [0.29, 0.717) is 18.1 Å². The molecular formula is C17H29N3. The van der Waals surface area contributed by atoms with Gasteiger partial charge in [-0.3, -0.25) is 4.90 Å². The van der Waals surface area contributed by atoms with Crippen LogP contribution in [0.15, 0.2) is 30.3 Å². The predicted molar refractivity (Wildman–Crippen MR) is 86.0 cm³/mol. The maximum atomic E-state index is 3.50. The van der Waals surface area contributed by atoms with Gasteiger partial charge in [-0.05, 0) is 33.0 Å². The number of likely N-dealkylation sites (N-methyl/N-ethyl adjacent to an activating group) is 2. The van der Waals surface area contributed by atoms with Gasteiger partial charge in [-0.2, -0.15) is 0 Å². The Morgan fingerprint density at radius 2 is 1.95 bits per heavy atom. The van der Waals surface area contributed by atoms with Crippen molar-refractivity contribution in [2.75, 3.05) is 33.7 Å². The molecule has 3 atom stereocenters.